The van der Waals surface area contributed by atoms with Crippen LogP contribution < -0.4 is 0 Å². The Labute approximate surface area is 308 Å². The highest BCUT2D eigenvalue weighted by molar-refractivity contribution is 7.51. The van der Waals surface area contributed by atoms with E-state index < -0.39 is 131 Å². The second-order valence-electron chi connectivity index (χ2n) is 14.5. The molecule has 1 aliphatic carbocycles. The van der Waals surface area contributed by atoms with E-state index >= 15 is 0 Å². The molecule has 16 atom stereocenters. The molecule has 0 bridgehead atoms. The number of rotatable bonds is 22. The van der Waals surface area contributed by atoms with E-state index in [0.717, 1.165) is 6.66 Å². The topological polar surface area (TPSA) is 302 Å². The fraction of sp³-hybridized carbons (Fsp3) is 1.00. The Morgan fingerprint density at radius 2 is 1.08 bits per heavy atom. The number of hydrogen-bond donors (Lipinski definition) is 10. The zero-order valence-corrected chi connectivity index (χ0v) is 31.5. The van der Waals surface area contributed by atoms with Crippen LogP contribution in [0.3, 0.4) is 0 Å². The van der Waals surface area contributed by atoms with Crippen LogP contribution >= 0.6 is 7.60 Å². The number of ether oxygens (including phenoxy) is 8. The van der Waals surface area contributed by atoms with E-state index in [1.54, 1.807) is 20.8 Å². The first kappa shape index (κ1) is 46.8. The molecule has 2 aliphatic heterocycles. The first-order valence-electron chi connectivity index (χ1n) is 17.7. The summed E-state index contributed by atoms with van der Waals surface area (Å²) < 4.78 is 63.2. The predicted molar refractivity (Wildman–Crippen MR) is 178 cm³/mol. The van der Waals surface area contributed by atoms with Crippen molar-refractivity contribution < 1.29 is 97.8 Å². The van der Waals surface area contributed by atoms with Gasteiger partial charge >= 0.3 is 7.60 Å². The Kier molecular flexibility index (Phi) is 19.3. The lowest BCUT2D eigenvalue weighted by Gasteiger charge is -2.41. The summed E-state index contributed by atoms with van der Waals surface area (Å²) in [6.07, 6.45) is -12.0. The second-order valence-corrected chi connectivity index (χ2v) is 16.3. The van der Waals surface area contributed by atoms with Crippen molar-refractivity contribution in [3.8, 4) is 0 Å². The van der Waals surface area contributed by atoms with Gasteiger partial charge in [0.2, 0.25) is 0 Å². The van der Waals surface area contributed by atoms with Crippen molar-refractivity contribution in [3.05, 3.63) is 0 Å². The summed E-state index contributed by atoms with van der Waals surface area (Å²) in [4.78, 5) is 9.79. The second kappa shape index (κ2) is 21.8. The molecule has 1 saturated carbocycles. The summed E-state index contributed by atoms with van der Waals surface area (Å²) in [7, 11) is -3.91. The molecule has 0 amide bonds. The Morgan fingerprint density at radius 1 is 0.642 bits per heavy atom. The highest BCUT2D eigenvalue weighted by atomic mass is 31.2. The summed E-state index contributed by atoms with van der Waals surface area (Å²) in [6, 6.07) is 0. The van der Waals surface area contributed by atoms with Crippen LogP contribution in [-0.4, -0.2) is 192 Å². The van der Waals surface area contributed by atoms with E-state index in [2.05, 4.69) is 0 Å². The molecule has 0 radical (unpaired) electrons. The van der Waals surface area contributed by atoms with E-state index in [-0.39, 0.29) is 52.7 Å². The van der Waals surface area contributed by atoms with E-state index in [9.17, 15) is 55.4 Å². The number of hydrogen-bond acceptors (Lipinski definition) is 19. The van der Waals surface area contributed by atoms with Crippen molar-refractivity contribution in [1.82, 2.24) is 0 Å². The molecule has 53 heavy (non-hydrogen) atoms. The van der Waals surface area contributed by atoms with Crippen molar-refractivity contribution in [2.45, 2.75) is 101 Å². The van der Waals surface area contributed by atoms with Crippen LogP contribution in [0.15, 0.2) is 0 Å². The van der Waals surface area contributed by atoms with Gasteiger partial charge in [0.15, 0.2) is 12.6 Å². The zero-order chi connectivity index (χ0) is 39.5. The van der Waals surface area contributed by atoms with Gasteiger partial charge in [-0.15, -0.1) is 0 Å². The van der Waals surface area contributed by atoms with Gasteiger partial charge in [-0.25, -0.2) is 0 Å². The maximum atomic E-state index is 12.0. The quantitative estimate of drug-likeness (QED) is 0.0298. The van der Waals surface area contributed by atoms with Crippen molar-refractivity contribution in [3.63, 3.8) is 0 Å². The van der Waals surface area contributed by atoms with Gasteiger partial charge in [-0.3, -0.25) is 4.57 Å². The Morgan fingerprint density at radius 3 is 1.49 bits per heavy atom. The molecule has 0 spiro atoms. The van der Waals surface area contributed by atoms with Crippen molar-refractivity contribution in [2.75, 3.05) is 73.3 Å². The molecule has 20 nitrogen and oxygen atoms in total. The fourth-order valence-corrected chi connectivity index (χ4v) is 7.03. The molecule has 314 valence electrons. The molecule has 3 rings (SSSR count). The van der Waals surface area contributed by atoms with Gasteiger partial charge < -0.3 is 93.3 Å². The standard InChI is InChI=1S/C32H61O20P/c1-17-21(7-20(8-33)27(39)24(17)36)47-14-44-11-32(5-6-50-53(4,42)43,12-45-15-48-30-18(2)25(37)28(40)22(9-34)51-30)13-46-16-49-31-19(3)26(38)29(41)23(10-35)52-31/h17-31,33-41H,5-16H2,1-4H3,(H,42,43). The number of aliphatic hydroxyl groups excluding tert-OH is 9. The van der Waals surface area contributed by atoms with E-state index in [4.69, 9.17) is 42.4 Å². The van der Waals surface area contributed by atoms with Gasteiger partial charge in [0, 0.05) is 42.4 Å². The SMILES string of the molecule is CC1C(OCOCC(CCOP(C)(=O)O)(COCOC2OC(CO)C(O)C(O)C2C)COCOC2OC(CO)C(O)C(O)C2C)CC(CO)C(O)C1O. The van der Waals surface area contributed by atoms with Crippen LogP contribution in [0.4, 0.5) is 0 Å². The summed E-state index contributed by atoms with van der Waals surface area (Å²) in [5.74, 6) is -2.48. The minimum atomic E-state index is -3.91. The van der Waals surface area contributed by atoms with Gasteiger partial charge in [0.05, 0.1) is 70.2 Å². The number of aliphatic hydroxyl groups is 9. The predicted octanol–water partition coefficient (Wildman–Crippen LogP) is -2.94. The van der Waals surface area contributed by atoms with Gasteiger partial charge in [-0.2, -0.15) is 0 Å². The molecule has 3 fully saturated rings. The lowest BCUT2D eigenvalue weighted by Crippen LogP contribution is -2.55. The molecule has 2 heterocycles. The summed E-state index contributed by atoms with van der Waals surface area (Å²) in [5.41, 5.74) is -1.16. The van der Waals surface area contributed by atoms with E-state index in [1.165, 1.54) is 0 Å². The van der Waals surface area contributed by atoms with Crippen LogP contribution in [0.1, 0.15) is 33.6 Å². The minimum absolute atomic E-state index is 0.0182. The Bertz CT molecular complexity index is 972. The summed E-state index contributed by atoms with van der Waals surface area (Å²) >= 11 is 0. The molecule has 10 N–H and O–H groups in total. The smallest absolute Gasteiger partial charge is 0.325 e. The van der Waals surface area contributed by atoms with Crippen molar-refractivity contribution >= 4 is 7.60 Å². The molecule has 21 heteroatoms. The first-order valence-corrected chi connectivity index (χ1v) is 19.8. The maximum absolute atomic E-state index is 12.0. The van der Waals surface area contributed by atoms with E-state index in [0.29, 0.717) is 0 Å². The lowest BCUT2D eigenvalue weighted by atomic mass is 9.77. The normalized spacial score (nSPS) is 40.5. The largest absolute Gasteiger partial charge is 0.396 e. The molecular weight excluding hydrogens is 735 g/mol. The van der Waals surface area contributed by atoms with Crippen LogP contribution in [0.2, 0.25) is 0 Å². The molecule has 0 aromatic heterocycles. The molecule has 0 aromatic rings. The fourth-order valence-electron chi connectivity index (χ4n) is 6.60. The van der Waals surface area contributed by atoms with Crippen molar-refractivity contribution in [1.29, 1.82) is 0 Å². The molecule has 3 aliphatic rings. The highest BCUT2D eigenvalue weighted by Crippen LogP contribution is 2.38. The van der Waals surface area contributed by atoms with Crippen LogP contribution in [0.25, 0.3) is 0 Å². The average Bonchev–Trinajstić information content (AvgIpc) is 3.12. The van der Waals surface area contributed by atoms with Crippen LogP contribution in [0.5, 0.6) is 0 Å². The molecule has 16 unspecified atom stereocenters. The third-order valence-electron chi connectivity index (χ3n) is 10.3. The van der Waals surface area contributed by atoms with Gasteiger partial charge in [-0.1, -0.05) is 20.8 Å². The molecular formula is C32H61O20P. The van der Waals surface area contributed by atoms with Gasteiger partial charge in [0.25, 0.3) is 0 Å². The van der Waals surface area contributed by atoms with Crippen LogP contribution in [0, 0.1) is 29.1 Å². The minimum Gasteiger partial charge on any atom is -0.396 e. The maximum Gasteiger partial charge on any atom is 0.325 e. The monoisotopic (exact) mass is 796 g/mol. The summed E-state index contributed by atoms with van der Waals surface area (Å²) in [5, 5.41) is 90.5. The summed E-state index contributed by atoms with van der Waals surface area (Å²) in [6.45, 7) is 2.52. The van der Waals surface area contributed by atoms with Gasteiger partial charge in [0.1, 0.15) is 44.8 Å². The average molecular weight is 797 g/mol. The zero-order valence-electron chi connectivity index (χ0n) is 30.6. The Hall–Kier alpha value is -0.530. The van der Waals surface area contributed by atoms with Crippen LogP contribution in [-0.2, 0) is 47.0 Å². The first-order chi connectivity index (χ1) is 25.0. The highest BCUT2D eigenvalue weighted by Gasteiger charge is 2.45. The lowest BCUT2D eigenvalue weighted by molar-refractivity contribution is -0.306. The third-order valence-corrected chi connectivity index (χ3v) is 10.9. The molecule has 0 aromatic carbocycles. The third kappa shape index (κ3) is 13.3. The Balaban J connectivity index is 1.71. The van der Waals surface area contributed by atoms with Crippen molar-refractivity contribution in [2.24, 2.45) is 29.1 Å². The molecule has 2 saturated heterocycles. The van der Waals surface area contributed by atoms with Gasteiger partial charge in [-0.05, 0) is 12.8 Å². The van der Waals surface area contributed by atoms with E-state index in [1.807, 2.05) is 0 Å².